The van der Waals surface area contributed by atoms with Crippen LogP contribution in [0.3, 0.4) is 0 Å². The maximum absolute atomic E-state index is 4.29. The highest BCUT2D eigenvalue weighted by atomic mass is 32.2. The molecule has 3 heteroatoms. The second-order valence-electron chi connectivity index (χ2n) is 4.53. The molecule has 0 amide bonds. The van der Waals surface area contributed by atoms with Crippen LogP contribution in [0.1, 0.15) is 26.5 Å². The van der Waals surface area contributed by atoms with Gasteiger partial charge in [-0.1, -0.05) is 19.9 Å². The molecule has 0 aromatic carbocycles. The Hall–Kier alpha value is -0.540. The first-order valence-corrected chi connectivity index (χ1v) is 7.05. The summed E-state index contributed by atoms with van der Waals surface area (Å²) in [4.78, 5) is 4.29. The molecule has 2 nitrogen and oxygen atoms in total. The van der Waals surface area contributed by atoms with Gasteiger partial charge in [0.1, 0.15) is 0 Å². The minimum Gasteiger partial charge on any atom is -0.308 e. The lowest BCUT2D eigenvalue weighted by molar-refractivity contribution is 0.587. The van der Waals surface area contributed by atoms with Crippen LogP contribution in [0.5, 0.6) is 0 Å². The predicted molar refractivity (Wildman–Crippen MR) is 72.7 cm³/mol. The molecule has 1 heterocycles. The molecule has 0 fully saturated rings. The number of hydrogen-bond donors (Lipinski definition) is 1. The molecule has 0 saturated heterocycles. The standard InChI is InChI=1S/C13H22N2S/c1-11(2)9-16-10-12(3)15-8-13-6-4-5-7-14-13/h4-7,11-12,15H,8-10H2,1-3H3. The highest BCUT2D eigenvalue weighted by Crippen LogP contribution is 2.08. The van der Waals surface area contributed by atoms with Gasteiger partial charge in [0.25, 0.3) is 0 Å². The molecule has 1 rings (SSSR count). The van der Waals surface area contributed by atoms with E-state index in [9.17, 15) is 0 Å². The Labute approximate surface area is 103 Å². The molecule has 0 bridgehead atoms. The van der Waals surface area contributed by atoms with E-state index in [1.807, 2.05) is 30.1 Å². The fourth-order valence-corrected chi connectivity index (χ4v) is 2.40. The first-order chi connectivity index (χ1) is 7.68. The summed E-state index contributed by atoms with van der Waals surface area (Å²) in [6.45, 7) is 7.62. The van der Waals surface area contributed by atoms with Gasteiger partial charge >= 0.3 is 0 Å². The lowest BCUT2D eigenvalue weighted by atomic mass is 10.3. The van der Waals surface area contributed by atoms with Crippen LogP contribution in [-0.4, -0.2) is 22.5 Å². The zero-order valence-corrected chi connectivity index (χ0v) is 11.3. The minimum atomic E-state index is 0.547. The first-order valence-electron chi connectivity index (χ1n) is 5.89. The Kier molecular flexibility index (Phi) is 6.50. The van der Waals surface area contributed by atoms with Crippen LogP contribution in [0.15, 0.2) is 24.4 Å². The molecular weight excluding hydrogens is 216 g/mol. The predicted octanol–water partition coefficient (Wildman–Crippen LogP) is 2.95. The van der Waals surface area contributed by atoms with Crippen molar-refractivity contribution < 1.29 is 0 Å². The minimum absolute atomic E-state index is 0.547. The molecule has 1 aromatic rings. The second-order valence-corrected chi connectivity index (χ2v) is 5.61. The van der Waals surface area contributed by atoms with E-state index in [-0.39, 0.29) is 0 Å². The Morgan fingerprint density at radius 2 is 2.06 bits per heavy atom. The molecule has 1 aromatic heterocycles. The maximum Gasteiger partial charge on any atom is 0.0541 e. The number of nitrogens with zero attached hydrogens (tertiary/aromatic N) is 1. The Morgan fingerprint density at radius 1 is 1.25 bits per heavy atom. The summed E-state index contributed by atoms with van der Waals surface area (Å²) in [7, 11) is 0. The smallest absolute Gasteiger partial charge is 0.0541 e. The Morgan fingerprint density at radius 3 is 2.69 bits per heavy atom. The SMILES string of the molecule is CC(C)CSCC(C)NCc1ccccn1. The van der Waals surface area contributed by atoms with Crippen molar-refractivity contribution in [3.8, 4) is 0 Å². The van der Waals surface area contributed by atoms with Crippen LogP contribution < -0.4 is 5.32 Å². The van der Waals surface area contributed by atoms with Gasteiger partial charge in [-0.15, -0.1) is 0 Å². The normalized spacial score (nSPS) is 13.0. The first kappa shape index (κ1) is 13.5. The molecule has 0 aliphatic heterocycles. The average molecular weight is 238 g/mol. The van der Waals surface area contributed by atoms with E-state index in [1.54, 1.807) is 0 Å². The largest absolute Gasteiger partial charge is 0.308 e. The molecule has 1 unspecified atom stereocenters. The van der Waals surface area contributed by atoms with Gasteiger partial charge in [0.2, 0.25) is 0 Å². The number of aromatic nitrogens is 1. The van der Waals surface area contributed by atoms with E-state index in [1.165, 1.54) is 11.5 Å². The van der Waals surface area contributed by atoms with Gasteiger partial charge in [-0.3, -0.25) is 4.98 Å². The van der Waals surface area contributed by atoms with Crippen LogP contribution in [0, 0.1) is 5.92 Å². The van der Waals surface area contributed by atoms with Crippen molar-refractivity contribution in [2.45, 2.75) is 33.4 Å². The Balaban J connectivity index is 2.13. The summed E-state index contributed by atoms with van der Waals surface area (Å²) in [6.07, 6.45) is 1.84. The number of pyridine rings is 1. The average Bonchev–Trinajstić information content (AvgIpc) is 2.27. The summed E-state index contributed by atoms with van der Waals surface area (Å²) in [5, 5.41) is 3.49. The van der Waals surface area contributed by atoms with E-state index in [0.717, 1.165) is 18.2 Å². The van der Waals surface area contributed by atoms with Crippen molar-refractivity contribution in [2.75, 3.05) is 11.5 Å². The third-order valence-electron chi connectivity index (χ3n) is 2.18. The third-order valence-corrected chi connectivity index (χ3v) is 3.81. The summed E-state index contributed by atoms with van der Waals surface area (Å²) in [6, 6.07) is 6.58. The Bertz CT molecular complexity index is 275. The highest BCUT2D eigenvalue weighted by Gasteiger charge is 2.03. The van der Waals surface area contributed by atoms with Gasteiger partial charge in [-0.25, -0.2) is 0 Å². The molecule has 16 heavy (non-hydrogen) atoms. The number of thioether (sulfide) groups is 1. The topological polar surface area (TPSA) is 24.9 Å². The number of nitrogens with one attached hydrogen (secondary N) is 1. The van der Waals surface area contributed by atoms with Crippen LogP contribution >= 0.6 is 11.8 Å². The van der Waals surface area contributed by atoms with Crippen molar-refractivity contribution in [2.24, 2.45) is 5.92 Å². The lowest BCUT2D eigenvalue weighted by Crippen LogP contribution is -2.28. The molecule has 0 radical (unpaired) electrons. The molecule has 0 spiro atoms. The van der Waals surface area contributed by atoms with Crippen LogP contribution in [0.25, 0.3) is 0 Å². The van der Waals surface area contributed by atoms with Crippen molar-refractivity contribution in [3.05, 3.63) is 30.1 Å². The van der Waals surface area contributed by atoms with E-state index in [0.29, 0.717) is 6.04 Å². The molecule has 0 aliphatic carbocycles. The number of rotatable bonds is 7. The summed E-state index contributed by atoms with van der Waals surface area (Å²) in [5.74, 6) is 3.20. The highest BCUT2D eigenvalue weighted by molar-refractivity contribution is 7.99. The van der Waals surface area contributed by atoms with Crippen molar-refractivity contribution in [1.82, 2.24) is 10.3 Å². The van der Waals surface area contributed by atoms with Crippen molar-refractivity contribution >= 4 is 11.8 Å². The fourth-order valence-electron chi connectivity index (χ4n) is 1.32. The summed E-state index contributed by atoms with van der Waals surface area (Å²) in [5.41, 5.74) is 1.11. The van der Waals surface area contributed by atoms with Crippen LogP contribution in [-0.2, 0) is 6.54 Å². The molecule has 90 valence electrons. The fraction of sp³-hybridized carbons (Fsp3) is 0.615. The van der Waals surface area contributed by atoms with E-state index in [4.69, 9.17) is 0 Å². The quantitative estimate of drug-likeness (QED) is 0.790. The van der Waals surface area contributed by atoms with Crippen LogP contribution in [0.4, 0.5) is 0 Å². The summed E-state index contributed by atoms with van der Waals surface area (Å²) < 4.78 is 0. The van der Waals surface area contributed by atoms with E-state index < -0.39 is 0 Å². The molecule has 1 atom stereocenters. The van der Waals surface area contributed by atoms with Gasteiger partial charge in [-0.2, -0.15) is 11.8 Å². The number of hydrogen-bond acceptors (Lipinski definition) is 3. The lowest BCUT2D eigenvalue weighted by Gasteiger charge is -2.13. The molecule has 0 saturated carbocycles. The van der Waals surface area contributed by atoms with Gasteiger partial charge in [0.15, 0.2) is 0 Å². The van der Waals surface area contributed by atoms with Gasteiger partial charge in [-0.05, 0) is 30.7 Å². The van der Waals surface area contributed by atoms with Gasteiger partial charge in [0.05, 0.1) is 5.69 Å². The van der Waals surface area contributed by atoms with Gasteiger partial charge < -0.3 is 5.32 Å². The molecule has 1 N–H and O–H groups in total. The zero-order valence-electron chi connectivity index (χ0n) is 10.4. The van der Waals surface area contributed by atoms with Crippen molar-refractivity contribution in [3.63, 3.8) is 0 Å². The maximum atomic E-state index is 4.29. The molecular formula is C13H22N2S. The van der Waals surface area contributed by atoms with Crippen LogP contribution in [0.2, 0.25) is 0 Å². The molecule has 0 aliphatic rings. The second kappa shape index (κ2) is 7.69. The van der Waals surface area contributed by atoms with E-state index >= 15 is 0 Å². The van der Waals surface area contributed by atoms with E-state index in [2.05, 4.69) is 37.1 Å². The third kappa shape index (κ3) is 6.13. The summed E-state index contributed by atoms with van der Waals surface area (Å²) >= 11 is 2.02. The van der Waals surface area contributed by atoms with Crippen molar-refractivity contribution in [1.29, 1.82) is 0 Å². The monoisotopic (exact) mass is 238 g/mol. The zero-order chi connectivity index (χ0) is 11.8. The van der Waals surface area contributed by atoms with Gasteiger partial charge in [0, 0.05) is 24.5 Å².